The van der Waals surface area contributed by atoms with Crippen molar-refractivity contribution in [1.29, 1.82) is 0 Å². The Labute approximate surface area is 139 Å². The Balaban J connectivity index is 2.00. The molecule has 1 heterocycles. The van der Waals surface area contributed by atoms with Crippen LogP contribution >= 0.6 is 0 Å². The number of carbonyl (C=O) groups is 1. The monoisotopic (exact) mass is 360 g/mol. The van der Waals surface area contributed by atoms with Gasteiger partial charge in [0, 0.05) is 19.1 Å². The van der Waals surface area contributed by atoms with Gasteiger partial charge in [0.1, 0.15) is 6.04 Å². The van der Waals surface area contributed by atoms with Crippen LogP contribution in [0.1, 0.15) is 16.8 Å². The van der Waals surface area contributed by atoms with Gasteiger partial charge in [-0.15, -0.1) is 0 Å². The molecule has 0 saturated carbocycles. The zero-order chi connectivity index (χ0) is 17.7. The van der Waals surface area contributed by atoms with Crippen LogP contribution in [0.3, 0.4) is 0 Å². The zero-order valence-corrected chi connectivity index (χ0v) is 13.6. The van der Waals surface area contributed by atoms with E-state index in [1.165, 1.54) is 7.11 Å². The van der Waals surface area contributed by atoms with E-state index in [1.54, 1.807) is 30.3 Å². The molecule has 1 amide bonds. The first-order valence-corrected chi connectivity index (χ1v) is 8.46. The van der Waals surface area contributed by atoms with Crippen molar-refractivity contribution >= 4 is 16.3 Å². The molecule has 2 rings (SSSR count). The number of hydrogen-bond acceptors (Lipinski definition) is 8. The van der Waals surface area contributed by atoms with Crippen molar-refractivity contribution in [3.05, 3.63) is 35.9 Å². The van der Waals surface area contributed by atoms with Crippen LogP contribution in [-0.2, 0) is 24.1 Å². The molecular formula is C14H18NO8S-. The first-order valence-electron chi connectivity index (χ1n) is 7.12. The lowest BCUT2D eigenvalue weighted by atomic mass is 10.00. The molecule has 24 heavy (non-hydrogen) atoms. The lowest BCUT2D eigenvalue weighted by Crippen LogP contribution is -2.58. The summed E-state index contributed by atoms with van der Waals surface area (Å²) in [6.45, 7) is -0.540. The number of hydrogen-bond donors (Lipinski definition) is 2. The maximum atomic E-state index is 12.2. The number of amides is 1. The van der Waals surface area contributed by atoms with Crippen molar-refractivity contribution in [3.63, 3.8) is 0 Å². The summed E-state index contributed by atoms with van der Waals surface area (Å²) in [6.07, 6.45) is -2.99. The maximum Gasteiger partial charge on any atom is 0.251 e. The van der Waals surface area contributed by atoms with E-state index in [4.69, 9.17) is 9.47 Å². The fraction of sp³-hybridized carbons (Fsp3) is 0.500. The minimum atomic E-state index is -4.86. The number of nitrogens with one attached hydrogen (secondary N) is 1. The van der Waals surface area contributed by atoms with Crippen molar-refractivity contribution in [2.75, 3.05) is 13.7 Å². The molecule has 1 aliphatic rings. The molecule has 1 saturated heterocycles. The van der Waals surface area contributed by atoms with Crippen LogP contribution in [-0.4, -0.2) is 62.2 Å². The second-order valence-electron chi connectivity index (χ2n) is 5.22. The molecule has 134 valence electrons. The average Bonchev–Trinajstić information content (AvgIpc) is 2.55. The number of benzene rings is 1. The summed E-state index contributed by atoms with van der Waals surface area (Å²) < 4.78 is 46.1. The van der Waals surface area contributed by atoms with Gasteiger partial charge >= 0.3 is 0 Å². The van der Waals surface area contributed by atoms with Crippen molar-refractivity contribution in [3.8, 4) is 0 Å². The van der Waals surface area contributed by atoms with E-state index >= 15 is 0 Å². The average molecular weight is 360 g/mol. The van der Waals surface area contributed by atoms with Crippen LogP contribution in [0.5, 0.6) is 0 Å². The highest BCUT2D eigenvalue weighted by Gasteiger charge is 2.39. The van der Waals surface area contributed by atoms with Crippen molar-refractivity contribution in [2.24, 2.45) is 0 Å². The third-order valence-corrected chi connectivity index (χ3v) is 3.93. The number of aliphatic hydroxyl groups excluding tert-OH is 1. The van der Waals surface area contributed by atoms with Gasteiger partial charge in [-0.2, -0.15) is 0 Å². The molecule has 0 aromatic heterocycles. The first-order chi connectivity index (χ1) is 11.3. The molecule has 1 aliphatic heterocycles. The molecule has 10 heteroatoms. The van der Waals surface area contributed by atoms with E-state index in [2.05, 4.69) is 9.50 Å². The summed E-state index contributed by atoms with van der Waals surface area (Å²) in [6, 6.07) is 7.54. The van der Waals surface area contributed by atoms with Gasteiger partial charge in [-0.3, -0.25) is 8.98 Å². The highest BCUT2D eigenvalue weighted by atomic mass is 32.3. The van der Waals surface area contributed by atoms with Crippen molar-refractivity contribution in [1.82, 2.24) is 5.32 Å². The van der Waals surface area contributed by atoms with Gasteiger partial charge in [0.15, 0.2) is 6.29 Å². The molecule has 2 N–H and O–H groups in total. The molecule has 1 aromatic carbocycles. The zero-order valence-electron chi connectivity index (χ0n) is 12.8. The highest BCUT2D eigenvalue weighted by Crippen LogP contribution is 2.22. The minimum Gasteiger partial charge on any atom is -0.726 e. The third kappa shape index (κ3) is 5.23. The fourth-order valence-electron chi connectivity index (χ4n) is 2.38. The quantitative estimate of drug-likeness (QED) is 0.506. The molecule has 0 aliphatic carbocycles. The number of methoxy groups -OCH3 is 1. The molecule has 0 spiro atoms. The van der Waals surface area contributed by atoms with Crippen LogP contribution in [0.2, 0.25) is 0 Å². The second-order valence-corrected chi connectivity index (χ2v) is 6.28. The lowest BCUT2D eigenvalue weighted by Gasteiger charge is -2.39. The van der Waals surface area contributed by atoms with Gasteiger partial charge in [-0.05, 0) is 12.1 Å². The van der Waals surface area contributed by atoms with Crippen LogP contribution in [0, 0.1) is 0 Å². The predicted molar refractivity (Wildman–Crippen MR) is 79.6 cm³/mol. The molecule has 1 aromatic rings. The number of carbonyl (C=O) groups excluding carboxylic acids is 1. The Kier molecular flexibility index (Phi) is 6.27. The highest BCUT2D eigenvalue weighted by molar-refractivity contribution is 7.80. The maximum absolute atomic E-state index is 12.2. The third-order valence-electron chi connectivity index (χ3n) is 3.50. The SMILES string of the molecule is CO[C@H]1OC(COS(=O)(=O)[O-])C[C@@H](O)C1NC(=O)c1ccccc1. The van der Waals surface area contributed by atoms with E-state index in [1.807, 2.05) is 0 Å². The van der Waals surface area contributed by atoms with E-state index in [0.29, 0.717) is 5.56 Å². The summed E-state index contributed by atoms with van der Waals surface area (Å²) in [5.41, 5.74) is 0.405. The summed E-state index contributed by atoms with van der Waals surface area (Å²) in [5, 5.41) is 12.8. The molecular weight excluding hydrogens is 342 g/mol. The minimum absolute atomic E-state index is 0.0326. The second kappa shape index (κ2) is 8.01. The van der Waals surface area contributed by atoms with E-state index in [-0.39, 0.29) is 6.42 Å². The summed E-state index contributed by atoms with van der Waals surface area (Å²) in [7, 11) is -3.54. The van der Waals surface area contributed by atoms with Gasteiger partial charge in [-0.25, -0.2) is 8.42 Å². The standard InChI is InChI=1S/C14H19NO8S/c1-21-14-12(15-13(17)9-5-3-2-4-6-9)11(16)7-10(23-14)8-22-24(18,19)20/h2-6,10-12,14,16H,7-8H2,1H3,(H,15,17)(H,18,19,20)/p-1/t10?,11-,12?,14+/m1/s1. The van der Waals surface area contributed by atoms with E-state index < -0.39 is 47.5 Å². The largest absolute Gasteiger partial charge is 0.726 e. The molecule has 4 atom stereocenters. The summed E-state index contributed by atoms with van der Waals surface area (Å²) >= 11 is 0. The Morgan fingerprint density at radius 2 is 2.08 bits per heavy atom. The Hall–Kier alpha value is -1.56. The van der Waals surface area contributed by atoms with Crippen LogP contribution in [0.15, 0.2) is 30.3 Å². The normalized spacial score (nSPS) is 27.6. The van der Waals surface area contributed by atoms with Crippen LogP contribution in [0.25, 0.3) is 0 Å². The van der Waals surface area contributed by atoms with Gasteiger partial charge in [0.05, 0.1) is 18.8 Å². The van der Waals surface area contributed by atoms with Gasteiger partial charge in [-0.1, -0.05) is 18.2 Å². The van der Waals surface area contributed by atoms with Gasteiger partial charge in [0.25, 0.3) is 5.91 Å². The van der Waals surface area contributed by atoms with Crippen LogP contribution in [0.4, 0.5) is 0 Å². The van der Waals surface area contributed by atoms with Crippen LogP contribution < -0.4 is 5.32 Å². The Morgan fingerprint density at radius 3 is 2.67 bits per heavy atom. The summed E-state index contributed by atoms with van der Waals surface area (Å²) in [5.74, 6) is -0.415. The van der Waals surface area contributed by atoms with E-state index in [9.17, 15) is 22.9 Å². The molecule has 0 bridgehead atoms. The first kappa shape index (κ1) is 18.8. The van der Waals surface area contributed by atoms with Gasteiger partial charge in [0.2, 0.25) is 10.4 Å². The van der Waals surface area contributed by atoms with E-state index in [0.717, 1.165) is 0 Å². The number of rotatable bonds is 6. The topological polar surface area (TPSA) is 134 Å². The smallest absolute Gasteiger partial charge is 0.251 e. The fourth-order valence-corrected chi connectivity index (χ4v) is 2.70. The predicted octanol–water partition coefficient (Wildman–Crippen LogP) is -0.616. The van der Waals surface area contributed by atoms with Crippen molar-refractivity contribution in [2.45, 2.75) is 31.0 Å². The lowest BCUT2D eigenvalue weighted by molar-refractivity contribution is -0.223. The Morgan fingerprint density at radius 1 is 1.42 bits per heavy atom. The number of aliphatic hydroxyl groups is 1. The summed E-state index contributed by atoms with van der Waals surface area (Å²) in [4.78, 5) is 12.2. The molecule has 0 radical (unpaired) electrons. The number of ether oxygens (including phenoxy) is 2. The molecule has 1 fully saturated rings. The van der Waals surface area contributed by atoms with Gasteiger partial charge < -0.3 is 24.4 Å². The Bertz CT molecular complexity index is 650. The molecule has 9 nitrogen and oxygen atoms in total. The molecule has 2 unspecified atom stereocenters. The van der Waals surface area contributed by atoms with Crippen molar-refractivity contribution < 1.29 is 36.5 Å².